The fourth-order valence-electron chi connectivity index (χ4n) is 4.83. The molecule has 1 aromatic carbocycles. The molecule has 200 valence electrons. The Kier molecular flexibility index (Phi) is 8.46. The van der Waals surface area contributed by atoms with Gasteiger partial charge in [-0.1, -0.05) is 6.07 Å². The van der Waals surface area contributed by atoms with Gasteiger partial charge in [0.15, 0.2) is 0 Å². The van der Waals surface area contributed by atoms with E-state index in [2.05, 4.69) is 9.88 Å². The van der Waals surface area contributed by atoms with Crippen LogP contribution in [0.3, 0.4) is 0 Å². The van der Waals surface area contributed by atoms with Gasteiger partial charge >= 0.3 is 5.97 Å². The summed E-state index contributed by atoms with van der Waals surface area (Å²) < 4.78 is 15.1. The normalized spacial score (nSPS) is 17.8. The van der Waals surface area contributed by atoms with E-state index < -0.39 is 18.1 Å². The van der Waals surface area contributed by atoms with Crippen LogP contribution in [0, 0.1) is 6.92 Å². The molecular weight excluding hydrogens is 472 g/mol. The zero-order valence-electron chi connectivity index (χ0n) is 22.4. The van der Waals surface area contributed by atoms with Gasteiger partial charge in [0, 0.05) is 37.5 Å². The number of fused-ring (bicyclic) bond motifs is 1. The minimum Gasteiger partial charge on any atom is -0.462 e. The number of hydrogen-bond donors (Lipinski definition) is 2. The third-order valence-corrected chi connectivity index (χ3v) is 6.71. The van der Waals surface area contributed by atoms with Crippen LogP contribution in [-0.4, -0.2) is 56.2 Å². The Morgan fingerprint density at radius 3 is 2.70 bits per heavy atom. The van der Waals surface area contributed by atoms with Crippen molar-refractivity contribution in [3.05, 3.63) is 51.9 Å². The number of benzene rings is 1. The number of esters is 1. The third kappa shape index (κ3) is 6.29. The van der Waals surface area contributed by atoms with Crippen LogP contribution in [-0.2, 0) is 34.4 Å². The molecule has 37 heavy (non-hydrogen) atoms. The van der Waals surface area contributed by atoms with Crippen LogP contribution in [0.4, 0.5) is 0 Å². The van der Waals surface area contributed by atoms with E-state index in [0.717, 1.165) is 53.9 Å². The highest BCUT2D eigenvalue weighted by Crippen LogP contribution is 2.28. The van der Waals surface area contributed by atoms with Crippen LogP contribution in [0.1, 0.15) is 51.2 Å². The predicted octanol–water partition coefficient (Wildman–Crippen LogP) is 3.07. The van der Waals surface area contributed by atoms with E-state index in [1.54, 1.807) is 32.4 Å². The van der Waals surface area contributed by atoms with Gasteiger partial charge in [-0.15, -0.1) is 0 Å². The molecule has 2 N–H and O–H groups in total. The molecule has 9 heteroatoms. The van der Waals surface area contributed by atoms with Crippen molar-refractivity contribution >= 4 is 17.0 Å². The van der Waals surface area contributed by atoms with Crippen molar-refractivity contribution in [2.45, 2.75) is 84.4 Å². The van der Waals surface area contributed by atoms with E-state index in [-0.39, 0.29) is 17.8 Å². The molecule has 3 unspecified atom stereocenters. The van der Waals surface area contributed by atoms with Crippen LogP contribution >= 0.6 is 0 Å². The number of nitrogens with zero attached hydrogens (tertiary/aromatic N) is 3. The first kappa shape index (κ1) is 27.0. The summed E-state index contributed by atoms with van der Waals surface area (Å²) in [6.07, 6.45) is 4.01. The lowest BCUT2D eigenvalue weighted by molar-refractivity contribution is -0.152. The number of ether oxygens (including phenoxy) is 2. The zero-order chi connectivity index (χ0) is 26.7. The molecule has 1 fully saturated rings. The summed E-state index contributed by atoms with van der Waals surface area (Å²) in [4.78, 5) is 29.7. The van der Waals surface area contributed by atoms with E-state index in [4.69, 9.17) is 14.5 Å². The van der Waals surface area contributed by atoms with Crippen molar-refractivity contribution in [1.29, 1.82) is 0 Å². The standard InChI is InChI=1S/C28H38N4O5/c1-17(2)37-28(35)25(19(4)33)29-14-20-9-10-24-23(13-20)30-26(21-12-18(3)27(34)31(5)15-21)32(24)16-22-8-6-7-11-36-22/h9-10,12-13,15,17,19,22,25,29,33H,6-8,11,14,16H2,1-5H3. The lowest BCUT2D eigenvalue weighted by Gasteiger charge is -2.24. The molecule has 1 saturated heterocycles. The molecular formula is C28H38N4O5. The molecule has 2 aromatic heterocycles. The van der Waals surface area contributed by atoms with Gasteiger partial charge < -0.3 is 23.7 Å². The first-order valence-electron chi connectivity index (χ1n) is 13.0. The monoisotopic (exact) mass is 510 g/mol. The van der Waals surface area contributed by atoms with E-state index in [1.807, 2.05) is 37.4 Å². The summed E-state index contributed by atoms with van der Waals surface area (Å²) >= 11 is 0. The number of imidazole rings is 1. The average molecular weight is 511 g/mol. The molecule has 0 radical (unpaired) electrons. The minimum absolute atomic E-state index is 0.0287. The number of aliphatic hydroxyl groups excluding tert-OH is 1. The highest BCUT2D eigenvalue weighted by atomic mass is 16.5. The molecule has 9 nitrogen and oxygen atoms in total. The number of aliphatic hydroxyl groups is 1. The van der Waals surface area contributed by atoms with Gasteiger partial charge in [-0.3, -0.25) is 14.9 Å². The molecule has 0 spiro atoms. The summed E-state index contributed by atoms with van der Waals surface area (Å²) in [5.74, 6) is 0.311. The number of nitrogens with one attached hydrogen (secondary N) is 1. The quantitative estimate of drug-likeness (QED) is 0.426. The molecule has 1 aliphatic heterocycles. The Bertz CT molecular complexity index is 1280. The summed E-state index contributed by atoms with van der Waals surface area (Å²) in [5, 5.41) is 13.2. The summed E-state index contributed by atoms with van der Waals surface area (Å²) in [6.45, 7) is 8.76. The number of rotatable bonds is 9. The van der Waals surface area contributed by atoms with Crippen LogP contribution in [0.25, 0.3) is 22.4 Å². The van der Waals surface area contributed by atoms with Crippen LogP contribution in [0.5, 0.6) is 0 Å². The second-order valence-corrected chi connectivity index (χ2v) is 10.3. The molecule has 3 aromatic rings. The van der Waals surface area contributed by atoms with Crippen molar-refractivity contribution in [3.63, 3.8) is 0 Å². The number of pyridine rings is 1. The first-order valence-corrected chi connectivity index (χ1v) is 13.0. The van der Waals surface area contributed by atoms with Gasteiger partial charge in [0.05, 0.1) is 35.9 Å². The third-order valence-electron chi connectivity index (χ3n) is 6.71. The highest BCUT2D eigenvalue weighted by Gasteiger charge is 2.26. The van der Waals surface area contributed by atoms with E-state index in [9.17, 15) is 14.7 Å². The molecule has 3 heterocycles. The number of hydrogen-bond acceptors (Lipinski definition) is 7. The van der Waals surface area contributed by atoms with Crippen LogP contribution in [0.15, 0.2) is 35.3 Å². The van der Waals surface area contributed by atoms with Gasteiger partial charge in [0.1, 0.15) is 11.9 Å². The van der Waals surface area contributed by atoms with Gasteiger partial charge in [0.25, 0.3) is 5.56 Å². The van der Waals surface area contributed by atoms with Crippen LogP contribution in [0.2, 0.25) is 0 Å². The largest absolute Gasteiger partial charge is 0.462 e. The molecule has 4 rings (SSSR count). The van der Waals surface area contributed by atoms with E-state index in [0.29, 0.717) is 18.7 Å². The maximum Gasteiger partial charge on any atom is 0.326 e. The molecule has 1 aliphatic rings. The minimum atomic E-state index is -0.899. The van der Waals surface area contributed by atoms with Crippen molar-refractivity contribution in [3.8, 4) is 11.4 Å². The Morgan fingerprint density at radius 2 is 2.05 bits per heavy atom. The van der Waals surface area contributed by atoms with Gasteiger partial charge in [-0.05, 0) is 70.7 Å². The Labute approximate surface area is 217 Å². The lowest BCUT2D eigenvalue weighted by Crippen LogP contribution is -2.46. The lowest BCUT2D eigenvalue weighted by atomic mass is 10.1. The topological polar surface area (TPSA) is 108 Å². The second kappa shape index (κ2) is 11.6. The molecule has 0 aliphatic carbocycles. The highest BCUT2D eigenvalue weighted by molar-refractivity contribution is 5.81. The number of carbonyl (C=O) groups excluding carboxylic acids is 1. The number of carbonyl (C=O) groups is 1. The predicted molar refractivity (Wildman–Crippen MR) is 142 cm³/mol. The fraction of sp³-hybridized carbons (Fsp3) is 0.536. The Balaban J connectivity index is 1.67. The number of aryl methyl sites for hydroxylation is 2. The van der Waals surface area contributed by atoms with Gasteiger partial charge in [0.2, 0.25) is 0 Å². The average Bonchev–Trinajstić information content (AvgIpc) is 3.19. The summed E-state index contributed by atoms with van der Waals surface area (Å²) in [5.41, 5.74) is 4.23. The van der Waals surface area contributed by atoms with Crippen LogP contribution < -0.4 is 10.9 Å². The summed E-state index contributed by atoms with van der Waals surface area (Å²) in [7, 11) is 1.75. The van der Waals surface area contributed by atoms with E-state index >= 15 is 0 Å². The van der Waals surface area contributed by atoms with Crippen molar-refractivity contribution in [2.75, 3.05) is 6.61 Å². The van der Waals surface area contributed by atoms with Crippen molar-refractivity contribution in [2.24, 2.45) is 7.05 Å². The fourth-order valence-corrected chi connectivity index (χ4v) is 4.83. The zero-order valence-corrected chi connectivity index (χ0v) is 22.4. The SMILES string of the molecule is Cc1cc(-c2nc3cc(CNC(C(=O)OC(C)C)C(C)O)ccc3n2CC2CCCCO2)cn(C)c1=O. The molecule has 0 amide bonds. The van der Waals surface area contributed by atoms with Crippen molar-refractivity contribution < 1.29 is 19.4 Å². The second-order valence-electron chi connectivity index (χ2n) is 10.3. The molecule has 0 bridgehead atoms. The molecule has 3 atom stereocenters. The summed E-state index contributed by atoms with van der Waals surface area (Å²) in [6, 6.07) is 7.08. The maximum atomic E-state index is 12.4. The Morgan fingerprint density at radius 1 is 1.27 bits per heavy atom. The van der Waals surface area contributed by atoms with Crippen molar-refractivity contribution in [1.82, 2.24) is 19.4 Å². The van der Waals surface area contributed by atoms with Gasteiger partial charge in [-0.25, -0.2) is 4.98 Å². The number of aromatic nitrogens is 3. The van der Waals surface area contributed by atoms with Gasteiger partial charge in [-0.2, -0.15) is 0 Å². The smallest absolute Gasteiger partial charge is 0.326 e. The first-order chi connectivity index (χ1) is 17.6. The maximum absolute atomic E-state index is 12.4. The van der Waals surface area contributed by atoms with E-state index in [1.165, 1.54) is 0 Å². The molecule has 0 saturated carbocycles. The Hall–Kier alpha value is -3.01.